The van der Waals surface area contributed by atoms with Crippen molar-refractivity contribution >= 4 is 26.0 Å². The maximum absolute atomic E-state index is 12.4. The van der Waals surface area contributed by atoms with Crippen LogP contribution in [0.15, 0.2) is 21.5 Å². The highest BCUT2D eigenvalue weighted by Gasteiger charge is 2.31. The molecule has 0 atom stereocenters. The minimum absolute atomic E-state index is 0.0398. The van der Waals surface area contributed by atoms with Gasteiger partial charge in [0.25, 0.3) is 0 Å². The number of benzene rings is 1. The molecule has 2 N–H and O–H groups in total. The maximum Gasteiger partial charge on any atom is 0.390 e. The molecule has 1 aromatic carbocycles. The number of nitrogens with zero attached hydrogens (tertiary/aromatic N) is 1. The van der Waals surface area contributed by atoms with Crippen molar-refractivity contribution in [1.82, 2.24) is 4.31 Å². The Morgan fingerprint density at radius 3 is 2.38 bits per heavy atom. The quantitative estimate of drug-likeness (QED) is 0.843. The van der Waals surface area contributed by atoms with Gasteiger partial charge >= 0.3 is 6.18 Å². The molecule has 4 nitrogen and oxygen atoms in total. The van der Waals surface area contributed by atoms with Crippen molar-refractivity contribution in [1.29, 1.82) is 0 Å². The first-order valence-corrected chi connectivity index (χ1v) is 8.24. The number of hydrogen-bond acceptors (Lipinski definition) is 3. The van der Waals surface area contributed by atoms with Gasteiger partial charge in [-0.15, -0.1) is 0 Å². The molecule has 0 spiro atoms. The first-order chi connectivity index (χ1) is 9.49. The van der Waals surface area contributed by atoms with Crippen LogP contribution in [-0.4, -0.2) is 32.5 Å². The molecule has 120 valence electrons. The Balaban J connectivity index is 3.16. The Morgan fingerprint density at radius 1 is 1.33 bits per heavy atom. The number of halogens is 4. The lowest BCUT2D eigenvalue weighted by Crippen LogP contribution is -2.31. The summed E-state index contributed by atoms with van der Waals surface area (Å²) < 4.78 is 62.7. The van der Waals surface area contributed by atoms with Crippen LogP contribution in [-0.2, 0) is 16.6 Å². The third kappa shape index (κ3) is 4.67. The van der Waals surface area contributed by atoms with Gasteiger partial charge in [-0.25, -0.2) is 12.7 Å². The molecule has 0 aliphatic rings. The topological polar surface area (TPSA) is 63.4 Å². The molecule has 0 fully saturated rings. The highest BCUT2D eigenvalue weighted by molar-refractivity contribution is 9.10. The van der Waals surface area contributed by atoms with Crippen LogP contribution in [0, 0.1) is 6.92 Å². The normalized spacial score (nSPS) is 13.0. The van der Waals surface area contributed by atoms with E-state index in [1.807, 2.05) is 0 Å². The van der Waals surface area contributed by atoms with Gasteiger partial charge in [0.1, 0.15) is 0 Å². The summed E-state index contributed by atoms with van der Waals surface area (Å²) >= 11 is 3.23. The van der Waals surface area contributed by atoms with Crippen LogP contribution < -0.4 is 5.73 Å². The van der Waals surface area contributed by atoms with E-state index in [0.717, 1.165) is 7.05 Å². The molecule has 0 aliphatic heterocycles. The fourth-order valence-electron chi connectivity index (χ4n) is 1.67. The Bertz CT molecular complexity index is 618. The van der Waals surface area contributed by atoms with Gasteiger partial charge in [-0.3, -0.25) is 0 Å². The average molecular weight is 389 g/mol. The molecule has 0 bridgehead atoms. The van der Waals surface area contributed by atoms with Crippen LogP contribution >= 0.6 is 15.9 Å². The van der Waals surface area contributed by atoms with E-state index in [-0.39, 0.29) is 11.4 Å². The Labute approximate surface area is 130 Å². The SMILES string of the molecule is Cc1c(Br)cc(CN)cc1S(=O)(=O)N(C)CCC(F)(F)F. The van der Waals surface area contributed by atoms with Gasteiger partial charge < -0.3 is 5.73 Å². The monoisotopic (exact) mass is 388 g/mol. The van der Waals surface area contributed by atoms with Crippen molar-refractivity contribution in [3.63, 3.8) is 0 Å². The lowest BCUT2D eigenvalue weighted by atomic mass is 10.1. The van der Waals surface area contributed by atoms with Crippen molar-refractivity contribution in [2.24, 2.45) is 5.73 Å². The fraction of sp³-hybridized carbons (Fsp3) is 0.500. The van der Waals surface area contributed by atoms with E-state index in [9.17, 15) is 21.6 Å². The van der Waals surface area contributed by atoms with E-state index < -0.39 is 29.2 Å². The predicted molar refractivity (Wildman–Crippen MR) is 77.3 cm³/mol. The minimum Gasteiger partial charge on any atom is -0.326 e. The van der Waals surface area contributed by atoms with Gasteiger partial charge in [0.15, 0.2) is 0 Å². The summed E-state index contributed by atoms with van der Waals surface area (Å²) in [5, 5.41) is 0. The Morgan fingerprint density at radius 2 is 1.90 bits per heavy atom. The van der Waals surface area contributed by atoms with Gasteiger partial charge in [-0.2, -0.15) is 13.2 Å². The van der Waals surface area contributed by atoms with Crippen molar-refractivity contribution in [2.45, 2.75) is 31.0 Å². The van der Waals surface area contributed by atoms with E-state index in [4.69, 9.17) is 5.73 Å². The second-order valence-corrected chi connectivity index (χ2v) is 7.46. The van der Waals surface area contributed by atoms with Crippen LogP contribution in [0.4, 0.5) is 13.2 Å². The second-order valence-electron chi connectivity index (χ2n) is 4.60. The lowest BCUT2D eigenvalue weighted by Gasteiger charge is -2.20. The molecule has 1 aromatic rings. The average Bonchev–Trinajstić information content (AvgIpc) is 2.37. The van der Waals surface area contributed by atoms with Crippen molar-refractivity contribution in [3.05, 3.63) is 27.7 Å². The van der Waals surface area contributed by atoms with Crippen molar-refractivity contribution in [3.8, 4) is 0 Å². The molecule has 1 rings (SSSR count). The highest BCUT2D eigenvalue weighted by atomic mass is 79.9. The number of rotatable bonds is 5. The van der Waals surface area contributed by atoms with Crippen LogP contribution in [0.5, 0.6) is 0 Å². The highest BCUT2D eigenvalue weighted by Crippen LogP contribution is 2.28. The summed E-state index contributed by atoms with van der Waals surface area (Å²) in [5.41, 5.74) is 6.51. The Kier molecular flexibility index (Phi) is 5.82. The standard InChI is InChI=1S/C12H16BrF3N2O2S/c1-8-10(13)5-9(7-17)6-11(8)21(19,20)18(2)4-3-12(14,15)16/h5-6H,3-4,7,17H2,1-2H3. The zero-order chi connectivity index (χ0) is 16.4. The molecule has 0 heterocycles. The number of sulfonamides is 1. The summed E-state index contributed by atoms with van der Waals surface area (Å²) in [6.45, 7) is 1.08. The fourth-order valence-corrected chi connectivity index (χ4v) is 3.77. The van der Waals surface area contributed by atoms with Gasteiger partial charge in [0.05, 0.1) is 11.3 Å². The van der Waals surface area contributed by atoms with E-state index in [2.05, 4.69) is 15.9 Å². The molecule has 21 heavy (non-hydrogen) atoms. The molecule has 9 heteroatoms. The molecule has 0 radical (unpaired) electrons. The summed E-state index contributed by atoms with van der Waals surface area (Å²) in [4.78, 5) is -0.0398. The third-order valence-corrected chi connectivity index (χ3v) is 5.80. The van der Waals surface area contributed by atoms with Gasteiger partial charge in [-0.05, 0) is 30.2 Å². The summed E-state index contributed by atoms with van der Waals surface area (Å²) in [6.07, 6.45) is -5.60. The smallest absolute Gasteiger partial charge is 0.326 e. The van der Waals surface area contributed by atoms with Crippen LogP contribution in [0.1, 0.15) is 17.5 Å². The minimum atomic E-state index is -4.40. The van der Waals surface area contributed by atoms with Crippen LogP contribution in [0.25, 0.3) is 0 Å². The van der Waals surface area contributed by atoms with Crippen LogP contribution in [0.3, 0.4) is 0 Å². The van der Waals surface area contributed by atoms with E-state index in [0.29, 0.717) is 19.9 Å². The van der Waals surface area contributed by atoms with Crippen molar-refractivity contribution < 1.29 is 21.6 Å². The number of alkyl halides is 3. The zero-order valence-electron chi connectivity index (χ0n) is 11.5. The van der Waals surface area contributed by atoms with Crippen LogP contribution in [0.2, 0.25) is 0 Å². The molecular formula is C12H16BrF3N2O2S. The predicted octanol–water partition coefficient (Wildman–Crippen LogP) is 2.79. The molecule has 0 aromatic heterocycles. The molecular weight excluding hydrogens is 373 g/mol. The van der Waals surface area contributed by atoms with Gasteiger partial charge in [0.2, 0.25) is 10.0 Å². The zero-order valence-corrected chi connectivity index (χ0v) is 13.9. The van der Waals surface area contributed by atoms with Gasteiger partial charge in [-0.1, -0.05) is 15.9 Å². The molecule has 0 aliphatic carbocycles. The van der Waals surface area contributed by atoms with E-state index >= 15 is 0 Å². The first-order valence-electron chi connectivity index (χ1n) is 6.01. The second kappa shape index (κ2) is 6.64. The molecule has 0 saturated carbocycles. The Hall–Kier alpha value is -0.640. The lowest BCUT2D eigenvalue weighted by molar-refractivity contribution is -0.135. The van der Waals surface area contributed by atoms with Gasteiger partial charge in [0, 0.05) is 24.6 Å². The number of hydrogen-bond donors (Lipinski definition) is 1. The van der Waals surface area contributed by atoms with E-state index in [1.54, 1.807) is 13.0 Å². The molecule has 0 saturated heterocycles. The molecule has 0 amide bonds. The first kappa shape index (κ1) is 18.4. The number of nitrogens with two attached hydrogens (primary N) is 1. The summed E-state index contributed by atoms with van der Waals surface area (Å²) in [7, 11) is -2.87. The maximum atomic E-state index is 12.4. The third-order valence-electron chi connectivity index (χ3n) is 2.99. The summed E-state index contributed by atoms with van der Waals surface area (Å²) in [5.74, 6) is 0. The summed E-state index contributed by atoms with van der Waals surface area (Å²) in [6, 6.07) is 3.07. The largest absolute Gasteiger partial charge is 0.390 e. The van der Waals surface area contributed by atoms with E-state index in [1.165, 1.54) is 6.07 Å². The molecule has 0 unspecified atom stereocenters. The van der Waals surface area contributed by atoms with Crippen molar-refractivity contribution in [2.75, 3.05) is 13.6 Å².